The molecule has 2 aliphatic rings. The first-order valence-electron chi connectivity index (χ1n) is 8.54. The van der Waals surface area contributed by atoms with Gasteiger partial charge in [-0.05, 0) is 44.6 Å². The molecule has 2 fully saturated rings. The van der Waals surface area contributed by atoms with Crippen molar-refractivity contribution in [3.05, 3.63) is 11.7 Å². The van der Waals surface area contributed by atoms with Gasteiger partial charge in [0, 0.05) is 19.1 Å². The maximum absolute atomic E-state index is 5.62. The third kappa shape index (κ3) is 3.83. The van der Waals surface area contributed by atoms with Gasteiger partial charge in [-0.1, -0.05) is 24.9 Å². The van der Waals surface area contributed by atoms with E-state index in [0.29, 0.717) is 12.0 Å². The molecule has 1 aromatic rings. The largest absolute Gasteiger partial charge is 0.370 e. The summed E-state index contributed by atoms with van der Waals surface area (Å²) < 4.78 is 11.1. The number of hydrogen-bond acceptors (Lipinski definition) is 5. The number of nitrogens with one attached hydrogen (secondary N) is 1. The summed E-state index contributed by atoms with van der Waals surface area (Å²) in [6.45, 7) is 4.14. The monoisotopic (exact) mass is 293 g/mol. The van der Waals surface area contributed by atoms with Gasteiger partial charge in [0.15, 0.2) is 0 Å². The fraction of sp³-hybridized carbons (Fsp3) is 0.875. The van der Waals surface area contributed by atoms with E-state index in [9.17, 15) is 0 Å². The van der Waals surface area contributed by atoms with E-state index < -0.39 is 0 Å². The third-order valence-corrected chi connectivity index (χ3v) is 4.70. The first-order chi connectivity index (χ1) is 10.4. The summed E-state index contributed by atoms with van der Waals surface area (Å²) in [6.07, 6.45) is 9.46. The minimum absolute atomic E-state index is 0.0582. The number of aromatic nitrogens is 2. The van der Waals surface area contributed by atoms with Crippen LogP contribution >= 0.6 is 0 Å². The SMILES string of the molecule is CCCNC1CCCCC1Cc1nc(C2CCCO2)no1. The van der Waals surface area contributed by atoms with Crippen molar-refractivity contribution in [1.82, 2.24) is 15.5 Å². The zero-order chi connectivity index (χ0) is 14.5. The van der Waals surface area contributed by atoms with Crippen LogP contribution in [0.1, 0.15) is 69.7 Å². The van der Waals surface area contributed by atoms with Crippen molar-refractivity contribution in [2.45, 2.75) is 70.4 Å². The molecular formula is C16H27N3O2. The predicted molar refractivity (Wildman–Crippen MR) is 80.0 cm³/mol. The van der Waals surface area contributed by atoms with Crippen LogP contribution in [0.4, 0.5) is 0 Å². The Labute approximate surface area is 126 Å². The first-order valence-corrected chi connectivity index (χ1v) is 8.54. The second-order valence-corrected chi connectivity index (χ2v) is 6.36. The lowest BCUT2D eigenvalue weighted by molar-refractivity contribution is 0.103. The molecule has 0 radical (unpaired) electrons. The smallest absolute Gasteiger partial charge is 0.227 e. The van der Waals surface area contributed by atoms with Crippen LogP contribution in [-0.2, 0) is 11.2 Å². The van der Waals surface area contributed by atoms with Crippen LogP contribution in [0.5, 0.6) is 0 Å². The van der Waals surface area contributed by atoms with Crippen LogP contribution in [0.15, 0.2) is 4.52 Å². The summed E-state index contributed by atoms with van der Waals surface area (Å²) in [5.74, 6) is 2.16. The molecule has 1 aromatic heterocycles. The fourth-order valence-corrected chi connectivity index (χ4v) is 3.54. The lowest BCUT2D eigenvalue weighted by Crippen LogP contribution is -2.39. The van der Waals surface area contributed by atoms with Crippen LogP contribution < -0.4 is 5.32 Å². The minimum atomic E-state index is 0.0582. The Morgan fingerprint density at radius 3 is 2.90 bits per heavy atom. The predicted octanol–water partition coefficient (Wildman–Crippen LogP) is 3.02. The highest BCUT2D eigenvalue weighted by atomic mass is 16.5. The van der Waals surface area contributed by atoms with Crippen molar-refractivity contribution in [3.63, 3.8) is 0 Å². The Bertz CT molecular complexity index is 429. The zero-order valence-corrected chi connectivity index (χ0v) is 13.0. The van der Waals surface area contributed by atoms with Gasteiger partial charge in [0.1, 0.15) is 6.10 Å². The second-order valence-electron chi connectivity index (χ2n) is 6.36. The normalized spacial score (nSPS) is 29.9. The molecule has 1 N–H and O–H groups in total. The molecule has 0 aromatic carbocycles. The summed E-state index contributed by atoms with van der Waals surface area (Å²) in [7, 11) is 0. The van der Waals surface area contributed by atoms with Crippen molar-refractivity contribution in [3.8, 4) is 0 Å². The summed E-state index contributed by atoms with van der Waals surface area (Å²) in [4.78, 5) is 4.57. The van der Waals surface area contributed by atoms with Gasteiger partial charge in [0.25, 0.3) is 0 Å². The molecule has 0 amide bonds. The standard InChI is InChI=1S/C16H27N3O2/c1-2-9-17-13-7-4-3-6-12(13)11-15-18-16(19-21-15)14-8-5-10-20-14/h12-14,17H,2-11H2,1H3. The van der Waals surface area contributed by atoms with E-state index in [2.05, 4.69) is 22.4 Å². The Hall–Kier alpha value is -0.940. The van der Waals surface area contributed by atoms with Crippen molar-refractivity contribution >= 4 is 0 Å². The Kier molecular flexibility index (Phi) is 5.25. The average Bonchev–Trinajstić information content (AvgIpc) is 3.17. The quantitative estimate of drug-likeness (QED) is 0.873. The van der Waals surface area contributed by atoms with E-state index in [1.807, 2.05) is 0 Å². The van der Waals surface area contributed by atoms with Gasteiger partial charge in [0.2, 0.25) is 11.7 Å². The Morgan fingerprint density at radius 1 is 1.19 bits per heavy atom. The van der Waals surface area contributed by atoms with Gasteiger partial charge in [-0.15, -0.1) is 0 Å². The van der Waals surface area contributed by atoms with E-state index >= 15 is 0 Å². The van der Waals surface area contributed by atoms with Crippen molar-refractivity contribution in [2.75, 3.05) is 13.2 Å². The molecule has 1 saturated carbocycles. The van der Waals surface area contributed by atoms with Crippen molar-refractivity contribution < 1.29 is 9.26 Å². The summed E-state index contributed by atoms with van der Waals surface area (Å²) in [6, 6.07) is 0.608. The highest BCUT2D eigenvalue weighted by molar-refractivity contribution is 4.95. The van der Waals surface area contributed by atoms with Crippen molar-refractivity contribution in [1.29, 1.82) is 0 Å². The molecular weight excluding hydrogens is 266 g/mol. The number of ether oxygens (including phenoxy) is 1. The van der Waals surface area contributed by atoms with Crippen LogP contribution in [0, 0.1) is 5.92 Å². The van der Waals surface area contributed by atoms with Gasteiger partial charge >= 0.3 is 0 Å². The Balaban J connectivity index is 1.58. The van der Waals surface area contributed by atoms with Gasteiger partial charge in [0.05, 0.1) is 0 Å². The maximum atomic E-state index is 5.62. The zero-order valence-electron chi connectivity index (χ0n) is 13.0. The molecule has 3 rings (SSSR count). The molecule has 5 nitrogen and oxygen atoms in total. The van der Waals surface area contributed by atoms with Crippen LogP contribution in [0.2, 0.25) is 0 Å². The maximum Gasteiger partial charge on any atom is 0.227 e. The van der Waals surface area contributed by atoms with Crippen LogP contribution in [-0.4, -0.2) is 29.3 Å². The fourth-order valence-electron chi connectivity index (χ4n) is 3.54. The molecule has 0 bridgehead atoms. The molecule has 1 aliphatic heterocycles. The van der Waals surface area contributed by atoms with Gasteiger partial charge in [-0.3, -0.25) is 0 Å². The third-order valence-electron chi connectivity index (χ3n) is 4.70. The second kappa shape index (κ2) is 7.36. The molecule has 1 saturated heterocycles. The highest BCUT2D eigenvalue weighted by Gasteiger charge is 2.28. The lowest BCUT2D eigenvalue weighted by atomic mass is 9.82. The van der Waals surface area contributed by atoms with Gasteiger partial charge < -0.3 is 14.6 Å². The number of nitrogens with zero attached hydrogens (tertiary/aromatic N) is 2. The molecule has 1 aliphatic carbocycles. The summed E-state index contributed by atoms with van der Waals surface area (Å²) in [5, 5.41) is 7.81. The number of rotatable bonds is 6. The molecule has 118 valence electrons. The van der Waals surface area contributed by atoms with E-state index in [1.54, 1.807) is 0 Å². The first kappa shape index (κ1) is 15.0. The molecule has 21 heavy (non-hydrogen) atoms. The van der Waals surface area contributed by atoms with E-state index in [4.69, 9.17) is 9.26 Å². The molecule has 2 heterocycles. The molecule has 0 spiro atoms. The van der Waals surface area contributed by atoms with E-state index in [0.717, 1.165) is 44.1 Å². The van der Waals surface area contributed by atoms with Gasteiger partial charge in [-0.2, -0.15) is 4.98 Å². The highest BCUT2D eigenvalue weighted by Crippen LogP contribution is 2.29. The summed E-state index contributed by atoms with van der Waals surface area (Å²) in [5.41, 5.74) is 0. The van der Waals surface area contributed by atoms with Crippen molar-refractivity contribution in [2.24, 2.45) is 5.92 Å². The average molecular weight is 293 g/mol. The molecule has 3 atom stereocenters. The van der Waals surface area contributed by atoms with Crippen LogP contribution in [0.3, 0.4) is 0 Å². The molecule has 5 heteroatoms. The lowest BCUT2D eigenvalue weighted by Gasteiger charge is -2.31. The minimum Gasteiger partial charge on any atom is -0.370 e. The summed E-state index contributed by atoms with van der Waals surface area (Å²) >= 11 is 0. The van der Waals surface area contributed by atoms with E-state index in [1.165, 1.54) is 32.1 Å². The van der Waals surface area contributed by atoms with Crippen LogP contribution in [0.25, 0.3) is 0 Å². The number of hydrogen-bond donors (Lipinski definition) is 1. The Morgan fingerprint density at radius 2 is 2.10 bits per heavy atom. The van der Waals surface area contributed by atoms with Gasteiger partial charge in [-0.25, -0.2) is 0 Å². The van der Waals surface area contributed by atoms with E-state index in [-0.39, 0.29) is 6.10 Å². The molecule has 3 unspecified atom stereocenters. The topological polar surface area (TPSA) is 60.2 Å².